The molecule has 0 aliphatic carbocycles. The van der Waals surface area contributed by atoms with Gasteiger partial charge in [-0.15, -0.1) is 5.06 Å². The van der Waals surface area contributed by atoms with E-state index in [0.29, 0.717) is 22.6 Å². The van der Waals surface area contributed by atoms with Gasteiger partial charge in [0.2, 0.25) is 0 Å². The highest BCUT2D eigenvalue weighted by atomic mass is 16.7. The molecule has 0 aromatic heterocycles. The van der Waals surface area contributed by atoms with Crippen LogP contribution in [0.25, 0.3) is 0 Å². The summed E-state index contributed by atoms with van der Waals surface area (Å²) in [6.07, 6.45) is 0. The molecule has 0 unspecified atom stereocenters. The van der Waals surface area contributed by atoms with Crippen LogP contribution in [0.3, 0.4) is 0 Å². The predicted molar refractivity (Wildman–Crippen MR) is 103 cm³/mol. The molecule has 0 saturated heterocycles. The van der Waals surface area contributed by atoms with Crippen molar-refractivity contribution in [3.8, 4) is 5.75 Å². The molecule has 0 bridgehead atoms. The van der Waals surface area contributed by atoms with E-state index in [1.807, 2.05) is 25.1 Å². The number of carbonyl (C=O) groups excluding carboxylic acids is 2. The maximum Gasteiger partial charge on any atom is 0.363 e. The van der Waals surface area contributed by atoms with Crippen molar-refractivity contribution in [3.05, 3.63) is 95.6 Å². The Morgan fingerprint density at radius 2 is 1.37 bits per heavy atom. The van der Waals surface area contributed by atoms with Gasteiger partial charge in [0.05, 0.1) is 18.4 Å². The van der Waals surface area contributed by atoms with Crippen molar-refractivity contribution < 1.29 is 19.2 Å². The zero-order valence-corrected chi connectivity index (χ0v) is 15.1. The summed E-state index contributed by atoms with van der Waals surface area (Å²) in [6.45, 7) is 1.93. The number of rotatable bonds is 4. The molecule has 0 aliphatic rings. The molecule has 3 aromatic carbocycles. The van der Waals surface area contributed by atoms with Crippen LogP contribution in [0.1, 0.15) is 26.3 Å². The van der Waals surface area contributed by atoms with E-state index < -0.39 is 11.9 Å². The number of ether oxygens (including phenoxy) is 1. The van der Waals surface area contributed by atoms with Crippen molar-refractivity contribution in [2.24, 2.45) is 0 Å². The lowest BCUT2D eigenvalue weighted by Gasteiger charge is -2.21. The summed E-state index contributed by atoms with van der Waals surface area (Å²) in [5.41, 5.74) is 2.22. The van der Waals surface area contributed by atoms with E-state index >= 15 is 0 Å². The summed E-state index contributed by atoms with van der Waals surface area (Å²) in [6, 6.07) is 22.3. The Bertz CT molecular complexity index is 919. The SMILES string of the molecule is COc1ccc(C(=O)N(OC(=O)c2ccc(C)cc2)c2ccccc2)cc1. The number of amides is 1. The third kappa shape index (κ3) is 4.33. The molecule has 27 heavy (non-hydrogen) atoms. The Balaban J connectivity index is 1.89. The van der Waals surface area contributed by atoms with Crippen LogP contribution in [0.5, 0.6) is 5.75 Å². The maximum absolute atomic E-state index is 13.0. The zero-order chi connectivity index (χ0) is 19.2. The van der Waals surface area contributed by atoms with Crippen LogP contribution in [-0.4, -0.2) is 19.0 Å². The lowest BCUT2D eigenvalue weighted by Crippen LogP contribution is -2.33. The number of anilines is 1. The van der Waals surface area contributed by atoms with Crippen LogP contribution >= 0.6 is 0 Å². The highest BCUT2D eigenvalue weighted by molar-refractivity contribution is 6.06. The van der Waals surface area contributed by atoms with Gasteiger partial charge < -0.3 is 9.57 Å². The first-order valence-corrected chi connectivity index (χ1v) is 8.41. The fraction of sp³-hybridized carbons (Fsp3) is 0.0909. The Kier molecular flexibility index (Phi) is 5.52. The molecule has 0 saturated carbocycles. The van der Waals surface area contributed by atoms with E-state index in [1.54, 1.807) is 67.8 Å². The highest BCUT2D eigenvalue weighted by Gasteiger charge is 2.23. The van der Waals surface area contributed by atoms with Crippen LogP contribution in [0.15, 0.2) is 78.9 Å². The highest BCUT2D eigenvalue weighted by Crippen LogP contribution is 2.20. The lowest BCUT2D eigenvalue weighted by atomic mass is 10.1. The molecule has 3 rings (SSSR count). The lowest BCUT2D eigenvalue weighted by molar-refractivity contribution is 0.0409. The van der Waals surface area contributed by atoms with Crippen LogP contribution < -0.4 is 9.80 Å². The van der Waals surface area contributed by atoms with Crippen molar-refractivity contribution in [2.75, 3.05) is 12.2 Å². The molecule has 1 amide bonds. The van der Waals surface area contributed by atoms with E-state index in [1.165, 1.54) is 0 Å². The number of hydrogen-bond acceptors (Lipinski definition) is 4. The number of carbonyl (C=O) groups is 2. The molecule has 5 heteroatoms. The fourth-order valence-corrected chi connectivity index (χ4v) is 2.45. The molecule has 5 nitrogen and oxygen atoms in total. The van der Waals surface area contributed by atoms with Crippen molar-refractivity contribution >= 4 is 17.6 Å². The van der Waals surface area contributed by atoms with Crippen LogP contribution in [-0.2, 0) is 4.84 Å². The second kappa shape index (κ2) is 8.19. The van der Waals surface area contributed by atoms with E-state index in [-0.39, 0.29) is 0 Å². The smallest absolute Gasteiger partial charge is 0.363 e. The predicted octanol–water partition coefficient (Wildman–Crippen LogP) is 4.42. The van der Waals surface area contributed by atoms with Gasteiger partial charge in [-0.3, -0.25) is 4.79 Å². The number of aryl methyl sites for hydroxylation is 1. The summed E-state index contributed by atoms with van der Waals surface area (Å²) < 4.78 is 5.12. The van der Waals surface area contributed by atoms with E-state index in [2.05, 4.69) is 0 Å². The van der Waals surface area contributed by atoms with Crippen molar-refractivity contribution in [2.45, 2.75) is 6.92 Å². The minimum absolute atomic E-state index is 0.365. The molecule has 3 aromatic rings. The quantitative estimate of drug-likeness (QED) is 0.646. The molecule has 0 N–H and O–H groups in total. The van der Waals surface area contributed by atoms with Gasteiger partial charge in [0.15, 0.2) is 0 Å². The first-order valence-electron chi connectivity index (χ1n) is 8.41. The Labute approximate surface area is 157 Å². The number of hydrogen-bond donors (Lipinski definition) is 0. The van der Waals surface area contributed by atoms with Gasteiger partial charge >= 0.3 is 5.97 Å². The van der Waals surface area contributed by atoms with Crippen LogP contribution in [0.4, 0.5) is 5.69 Å². The molecule has 0 atom stereocenters. The zero-order valence-electron chi connectivity index (χ0n) is 15.1. The summed E-state index contributed by atoms with van der Waals surface area (Å²) in [5.74, 6) is -0.431. The number of nitrogens with zero attached hydrogens (tertiary/aromatic N) is 1. The molecule has 0 heterocycles. The first-order chi connectivity index (χ1) is 13.1. The summed E-state index contributed by atoms with van der Waals surface area (Å²) in [4.78, 5) is 31.0. The normalized spacial score (nSPS) is 10.1. The number of para-hydroxylation sites is 1. The molecule has 0 spiro atoms. The van der Waals surface area contributed by atoms with Gasteiger partial charge in [-0.25, -0.2) is 4.79 Å². The van der Waals surface area contributed by atoms with Crippen LogP contribution in [0, 0.1) is 6.92 Å². The summed E-state index contributed by atoms with van der Waals surface area (Å²) in [5, 5.41) is 1.00. The Morgan fingerprint density at radius 1 is 0.778 bits per heavy atom. The molecular weight excluding hydrogens is 342 g/mol. The van der Waals surface area contributed by atoms with Crippen molar-refractivity contribution in [3.63, 3.8) is 0 Å². The second-order valence-electron chi connectivity index (χ2n) is 5.91. The van der Waals surface area contributed by atoms with E-state index in [0.717, 1.165) is 10.6 Å². The molecule has 0 aliphatic heterocycles. The first kappa shape index (κ1) is 18.2. The van der Waals surface area contributed by atoms with Gasteiger partial charge in [0.1, 0.15) is 5.75 Å². The van der Waals surface area contributed by atoms with Gasteiger partial charge in [-0.2, -0.15) is 0 Å². The van der Waals surface area contributed by atoms with Gasteiger partial charge in [-0.1, -0.05) is 35.9 Å². The van der Waals surface area contributed by atoms with Gasteiger partial charge in [0.25, 0.3) is 5.91 Å². The standard InChI is InChI=1S/C22H19NO4/c1-16-8-10-18(11-9-16)22(25)27-23(19-6-4-3-5-7-19)21(24)17-12-14-20(26-2)15-13-17/h3-15H,1-2H3. The minimum atomic E-state index is -0.610. The maximum atomic E-state index is 13.0. The third-order valence-electron chi connectivity index (χ3n) is 3.97. The summed E-state index contributed by atoms with van der Waals surface area (Å²) >= 11 is 0. The average molecular weight is 361 g/mol. The van der Waals surface area contributed by atoms with Gasteiger partial charge in [-0.05, 0) is 55.5 Å². The van der Waals surface area contributed by atoms with Crippen molar-refractivity contribution in [1.29, 1.82) is 0 Å². The number of benzene rings is 3. The van der Waals surface area contributed by atoms with E-state index in [4.69, 9.17) is 9.57 Å². The van der Waals surface area contributed by atoms with E-state index in [9.17, 15) is 9.59 Å². The average Bonchev–Trinajstić information content (AvgIpc) is 2.72. The largest absolute Gasteiger partial charge is 0.497 e. The summed E-state index contributed by atoms with van der Waals surface area (Å²) in [7, 11) is 1.55. The Hall–Kier alpha value is -3.60. The second-order valence-corrected chi connectivity index (χ2v) is 5.91. The number of methoxy groups -OCH3 is 1. The fourth-order valence-electron chi connectivity index (χ4n) is 2.45. The molecule has 136 valence electrons. The minimum Gasteiger partial charge on any atom is -0.497 e. The monoisotopic (exact) mass is 361 g/mol. The van der Waals surface area contributed by atoms with Crippen LogP contribution in [0.2, 0.25) is 0 Å². The molecule has 0 fully saturated rings. The number of hydroxylamine groups is 1. The van der Waals surface area contributed by atoms with Crippen molar-refractivity contribution in [1.82, 2.24) is 0 Å². The Morgan fingerprint density at radius 3 is 1.96 bits per heavy atom. The molecular formula is C22H19NO4. The van der Waals surface area contributed by atoms with Gasteiger partial charge in [0, 0.05) is 5.56 Å². The third-order valence-corrected chi connectivity index (χ3v) is 3.97. The topological polar surface area (TPSA) is 55.8 Å². The molecule has 0 radical (unpaired) electrons.